The molecule has 96 valence electrons. The molecule has 0 bridgehead atoms. The fourth-order valence-electron chi connectivity index (χ4n) is 1.70. The maximum atomic E-state index is 11.8. The van der Waals surface area contributed by atoms with Crippen LogP contribution >= 0.6 is 27.3 Å². The van der Waals surface area contributed by atoms with Gasteiger partial charge >= 0.3 is 0 Å². The molecule has 3 aromatic rings. The van der Waals surface area contributed by atoms with Crippen molar-refractivity contribution < 1.29 is 4.79 Å². The van der Waals surface area contributed by atoms with Gasteiger partial charge in [0.25, 0.3) is 5.91 Å². The van der Waals surface area contributed by atoms with Crippen LogP contribution in [0.2, 0.25) is 0 Å². The van der Waals surface area contributed by atoms with Crippen molar-refractivity contribution in [1.82, 2.24) is 20.3 Å². The number of H-pyrrole nitrogens is 1. The van der Waals surface area contributed by atoms with Gasteiger partial charge in [0, 0.05) is 0 Å². The van der Waals surface area contributed by atoms with Gasteiger partial charge in [-0.1, -0.05) is 12.1 Å². The van der Waals surface area contributed by atoms with Gasteiger partial charge in [-0.25, -0.2) is 9.97 Å². The predicted molar refractivity (Wildman–Crippen MR) is 77.1 cm³/mol. The zero-order valence-corrected chi connectivity index (χ0v) is 12.1. The molecule has 2 heterocycles. The summed E-state index contributed by atoms with van der Waals surface area (Å²) in [5.74, 6) is 0.585. The monoisotopic (exact) mass is 336 g/mol. The highest BCUT2D eigenvalue weighted by molar-refractivity contribution is 9.11. The normalized spacial score (nSPS) is 10.8. The maximum Gasteiger partial charge on any atom is 0.263 e. The van der Waals surface area contributed by atoms with Gasteiger partial charge in [0.05, 0.1) is 23.8 Å². The molecular weight excluding hydrogens is 328 g/mol. The Morgan fingerprint density at radius 3 is 3.00 bits per heavy atom. The molecule has 3 rings (SSSR count). The van der Waals surface area contributed by atoms with E-state index in [2.05, 4.69) is 36.2 Å². The Hall–Kier alpha value is -1.73. The van der Waals surface area contributed by atoms with Crippen LogP contribution < -0.4 is 5.32 Å². The van der Waals surface area contributed by atoms with Crippen LogP contribution in [0.25, 0.3) is 11.0 Å². The van der Waals surface area contributed by atoms with Gasteiger partial charge < -0.3 is 10.3 Å². The van der Waals surface area contributed by atoms with Crippen molar-refractivity contribution in [2.75, 3.05) is 0 Å². The molecule has 5 nitrogen and oxygen atoms in total. The number of benzene rings is 1. The molecule has 7 heteroatoms. The summed E-state index contributed by atoms with van der Waals surface area (Å²) in [6, 6.07) is 7.75. The number of aromatic nitrogens is 3. The minimum atomic E-state index is -0.149. The Balaban J connectivity index is 1.70. The SMILES string of the molecule is O=C(NCc1nc2ccccc2[nH]1)c1cnc(Br)s1. The van der Waals surface area contributed by atoms with Crippen molar-refractivity contribution in [3.8, 4) is 0 Å². The van der Waals surface area contributed by atoms with E-state index in [4.69, 9.17) is 0 Å². The number of imidazole rings is 1. The first kappa shape index (κ1) is 12.3. The molecule has 0 aliphatic heterocycles. The van der Waals surface area contributed by atoms with Crippen LogP contribution in [0.15, 0.2) is 34.4 Å². The number of nitrogens with zero attached hydrogens (tertiary/aromatic N) is 2. The lowest BCUT2D eigenvalue weighted by Crippen LogP contribution is -2.22. The summed E-state index contributed by atoms with van der Waals surface area (Å²) >= 11 is 4.53. The second kappa shape index (κ2) is 5.10. The van der Waals surface area contributed by atoms with Crippen LogP contribution in [0.3, 0.4) is 0 Å². The lowest BCUT2D eigenvalue weighted by atomic mass is 10.3. The number of carbonyl (C=O) groups excluding carboxylic acids is 1. The van der Waals surface area contributed by atoms with Crippen molar-refractivity contribution >= 4 is 44.2 Å². The lowest BCUT2D eigenvalue weighted by molar-refractivity contribution is 0.0954. The second-order valence-corrected chi connectivity index (χ2v) is 6.17. The van der Waals surface area contributed by atoms with Gasteiger partial charge in [-0.3, -0.25) is 4.79 Å². The van der Waals surface area contributed by atoms with Crippen LogP contribution in [0, 0.1) is 0 Å². The van der Waals surface area contributed by atoms with E-state index in [9.17, 15) is 4.79 Å². The largest absolute Gasteiger partial charge is 0.344 e. The number of aromatic amines is 1. The number of nitrogens with one attached hydrogen (secondary N) is 2. The molecule has 1 aromatic carbocycles. The third-order valence-corrected chi connectivity index (χ3v) is 4.03. The fraction of sp³-hybridized carbons (Fsp3) is 0.0833. The summed E-state index contributed by atoms with van der Waals surface area (Å²) in [7, 11) is 0. The Morgan fingerprint density at radius 2 is 2.26 bits per heavy atom. The Kier molecular flexibility index (Phi) is 3.31. The molecule has 0 atom stereocenters. The number of fused-ring (bicyclic) bond motifs is 1. The van der Waals surface area contributed by atoms with Gasteiger partial charge in [-0.15, -0.1) is 11.3 Å². The van der Waals surface area contributed by atoms with Crippen molar-refractivity contribution in [2.45, 2.75) is 6.54 Å². The van der Waals surface area contributed by atoms with Gasteiger partial charge in [0.15, 0.2) is 3.92 Å². The summed E-state index contributed by atoms with van der Waals surface area (Å²) in [5.41, 5.74) is 1.86. The number of hydrogen-bond acceptors (Lipinski definition) is 4. The van der Waals surface area contributed by atoms with Crippen molar-refractivity contribution in [2.24, 2.45) is 0 Å². The summed E-state index contributed by atoms with van der Waals surface area (Å²) in [6.07, 6.45) is 1.54. The van der Waals surface area contributed by atoms with E-state index in [0.29, 0.717) is 15.3 Å². The van der Waals surface area contributed by atoms with Gasteiger partial charge in [0.2, 0.25) is 0 Å². The highest BCUT2D eigenvalue weighted by Gasteiger charge is 2.10. The van der Waals surface area contributed by atoms with E-state index in [1.54, 1.807) is 6.20 Å². The molecule has 19 heavy (non-hydrogen) atoms. The zero-order chi connectivity index (χ0) is 13.2. The summed E-state index contributed by atoms with van der Waals surface area (Å²) in [5, 5.41) is 2.81. The zero-order valence-electron chi connectivity index (χ0n) is 9.68. The number of thiazole rings is 1. The van der Waals surface area contributed by atoms with E-state index < -0.39 is 0 Å². The molecule has 0 fully saturated rings. The minimum absolute atomic E-state index is 0.149. The van der Waals surface area contributed by atoms with Crippen LogP contribution in [-0.2, 0) is 6.54 Å². The number of hydrogen-bond donors (Lipinski definition) is 2. The molecule has 0 saturated carbocycles. The van der Waals surface area contributed by atoms with E-state index in [1.165, 1.54) is 11.3 Å². The van der Waals surface area contributed by atoms with E-state index >= 15 is 0 Å². The average molecular weight is 337 g/mol. The van der Waals surface area contributed by atoms with Gasteiger partial charge in [-0.05, 0) is 28.1 Å². The predicted octanol–water partition coefficient (Wildman–Crippen LogP) is 2.71. The van der Waals surface area contributed by atoms with Crippen molar-refractivity contribution in [1.29, 1.82) is 0 Å². The summed E-state index contributed by atoms with van der Waals surface area (Å²) in [6.45, 7) is 0.364. The molecule has 1 amide bonds. The van der Waals surface area contributed by atoms with Crippen molar-refractivity contribution in [3.63, 3.8) is 0 Å². The Morgan fingerprint density at radius 1 is 1.42 bits per heavy atom. The number of rotatable bonds is 3. The Bertz CT molecular complexity index is 703. The number of halogens is 1. The highest BCUT2D eigenvalue weighted by atomic mass is 79.9. The molecule has 2 N–H and O–H groups in total. The van der Waals surface area contributed by atoms with Gasteiger partial charge in [0.1, 0.15) is 10.7 Å². The molecule has 0 radical (unpaired) electrons. The maximum absolute atomic E-state index is 11.8. The summed E-state index contributed by atoms with van der Waals surface area (Å²) in [4.78, 5) is 23.9. The van der Waals surface area contributed by atoms with Crippen molar-refractivity contribution in [3.05, 3.63) is 45.1 Å². The second-order valence-electron chi connectivity index (χ2n) is 3.86. The summed E-state index contributed by atoms with van der Waals surface area (Å²) < 4.78 is 0.696. The van der Waals surface area contributed by atoms with Crippen LogP contribution in [0.5, 0.6) is 0 Å². The quantitative estimate of drug-likeness (QED) is 0.772. The highest BCUT2D eigenvalue weighted by Crippen LogP contribution is 2.18. The van der Waals surface area contributed by atoms with E-state index in [-0.39, 0.29) is 5.91 Å². The van der Waals surface area contributed by atoms with Gasteiger partial charge in [-0.2, -0.15) is 0 Å². The minimum Gasteiger partial charge on any atom is -0.344 e. The topological polar surface area (TPSA) is 70.7 Å². The molecule has 0 unspecified atom stereocenters. The molecule has 0 saturated heterocycles. The number of para-hydroxylation sites is 2. The Labute approximate surface area is 121 Å². The standard InChI is InChI=1S/C12H9BrN4OS/c13-12-15-5-9(19-12)11(18)14-6-10-16-7-3-1-2-4-8(7)17-10/h1-5H,6H2,(H,14,18)(H,16,17). The lowest BCUT2D eigenvalue weighted by Gasteiger charge is -1.99. The first-order valence-corrected chi connectivity index (χ1v) is 7.16. The third kappa shape index (κ3) is 2.66. The average Bonchev–Trinajstić information content (AvgIpc) is 3.01. The molecule has 0 aliphatic carbocycles. The smallest absolute Gasteiger partial charge is 0.263 e. The first-order chi connectivity index (χ1) is 9.22. The molecule has 0 spiro atoms. The molecule has 0 aliphatic rings. The third-order valence-electron chi connectivity index (χ3n) is 2.56. The fourth-order valence-corrected chi connectivity index (χ4v) is 2.88. The number of amides is 1. The molecule has 2 aromatic heterocycles. The number of carbonyl (C=O) groups is 1. The first-order valence-electron chi connectivity index (χ1n) is 5.55. The van der Waals surface area contributed by atoms with E-state index in [0.717, 1.165) is 16.9 Å². The van der Waals surface area contributed by atoms with Crippen LogP contribution in [-0.4, -0.2) is 20.9 Å². The van der Waals surface area contributed by atoms with Crippen LogP contribution in [0.4, 0.5) is 0 Å². The molecular formula is C12H9BrN4OS. The van der Waals surface area contributed by atoms with E-state index in [1.807, 2.05) is 24.3 Å². The van der Waals surface area contributed by atoms with Crippen LogP contribution in [0.1, 0.15) is 15.5 Å².